The second kappa shape index (κ2) is 13.9. The van der Waals surface area contributed by atoms with Gasteiger partial charge in [0.2, 0.25) is 0 Å². The van der Waals surface area contributed by atoms with Gasteiger partial charge in [-0.25, -0.2) is 0 Å². The third-order valence-corrected chi connectivity index (χ3v) is 14.4. The molecule has 2 heterocycles. The van der Waals surface area contributed by atoms with E-state index in [1.54, 1.807) is 0 Å². The van der Waals surface area contributed by atoms with Crippen LogP contribution in [0.5, 0.6) is 0 Å². The van der Waals surface area contributed by atoms with Crippen molar-refractivity contribution in [2.24, 2.45) is 0 Å². The number of nitrogens with zero attached hydrogens (tertiary/aromatic N) is 2. The molecule has 0 amide bonds. The molecule has 0 radical (unpaired) electrons. The zero-order valence-corrected chi connectivity index (χ0v) is 35.9. The molecular weight excluding hydrogens is 776 g/mol. The van der Waals surface area contributed by atoms with Crippen LogP contribution in [0.4, 0.5) is 17.1 Å². The molecule has 0 aliphatic heterocycles. The molecule has 0 N–H and O–H groups in total. The molecule has 0 saturated carbocycles. The van der Waals surface area contributed by atoms with Gasteiger partial charge >= 0.3 is 0 Å². The molecule has 0 spiro atoms. The number of aromatic nitrogens is 1. The minimum Gasteiger partial charge on any atom is -0.310 e. The molecule has 2 aromatic heterocycles. The molecule has 9 aromatic carbocycles. The van der Waals surface area contributed by atoms with Crippen LogP contribution in [0.3, 0.4) is 0 Å². The fourth-order valence-electron chi connectivity index (χ4n) is 10.00. The van der Waals surface area contributed by atoms with Gasteiger partial charge < -0.3 is 9.47 Å². The Balaban J connectivity index is 0.963. The topological polar surface area (TPSA) is 8.17 Å². The van der Waals surface area contributed by atoms with E-state index in [-0.39, 0.29) is 5.41 Å². The highest BCUT2D eigenvalue weighted by Crippen LogP contribution is 2.51. The summed E-state index contributed by atoms with van der Waals surface area (Å²) in [5, 5.41) is 6.37. The number of anilines is 3. The fraction of sp³-hybridized carbons (Fsp3) is 0.0526. The Morgan fingerprint density at radius 2 is 1.08 bits per heavy atom. The summed E-state index contributed by atoms with van der Waals surface area (Å²) in [6.45, 7) is 4.69. The highest BCUT2D eigenvalue weighted by Gasteiger charge is 2.35. The average Bonchev–Trinajstić information content (AvgIpc) is 3.92. The second-order valence-corrected chi connectivity index (χ2v) is 18.5. The standard InChI is InChI=1S/C57H41N2PS/c1-57(2)50-17-6-3-13-45(50)48-34-42(29-31-51(48)57)58(40-27-23-37(24-28-40)44-16-10-20-55-56(44)47-15-5-8-19-54(47)61-55)39-25-21-36(22-26-39)38-11-9-12-41(33-38)59-52-18-7-4-14-46(52)49-35-43(60)30-32-53(49)59/h3-35H,60H2,1-2H3. The second-order valence-electron chi connectivity index (χ2n) is 16.8. The van der Waals surface area contributed by atoms with Crippen LogP contribution in [0.2, 0.25) is 0 Å². The van der Waals surface area contributed by atoms with Crippen molar-refractivity contribution in [2.75, 3.05) is 4.90 Å². The first kappa shape index (κ1) is 36.1. The van der Waals surface area contributed by atoms with E-state index in [9.17, 15) is 0 Å². The van der Waals surface area contributed by atoms with Crippen molar-refractivity contribution >= 4 is 84.9 Å². The molecule has 1 atom stereocenters. The number of benzene rings is 9. The SMILES string of the molecule is CC1(C)c2ccccc2-c2cc(N(c3ccc(-c4cccc(-n5c6ccccc6c6cc(P)ccc65)c4)cc3)c3ccc(-c4cccc5sc6ccccc6c45)cc3)ccc21. The third-order valence-electron chi connectivity index (χ3n) is 12.9. The predicted octanol–water partition coefficient (Wildman–Crippen LogP) is 15.8. The van der Waals surface area contributed by atoms with E-state index < -0.39 is 0 Å². The summed E-state index contributed by atoms with van der Waals surface area (Å²) in [7, 11) is 2.85. The van der Waals surface area contributed by atoms with Crippen molar-refractivity contribution in [2.45, 2.75) is 19.3 Å². The highest BCUT2D eigenvalue weighted by molar-refractivity contribution is 7.27. The Bertz CT molecular complexity index is 3520. The molecule has 61 heavy (non-hydrogen) atoms. The van der Waals surface area contributed by atoms with Gasteiger partial charge in [-0.3, -0.25) is 0 Å². The van der Waals surface area contributed by atoms with Crippen LogP contribution in [-0.4, -0.2) is 4.57 Å². The lowest BCUT2D eigenvalue weighted by Gasteiger charge is -2.27. The average molecular weight is 817 g/mol. The molecular formula is C57H41N2PS. The summed E-state index contributed by atoms with van der Waals surface area (Å²) < 4.78 is 5.04. The van der Waals surface area contributed by atoms with E-state index in [4.69, 9.17) is 0 Å². The monoisotopic (exact) mass is 816 g/mol. The molecule has 0 fully saturated rings. The third kappa shape index (κ3) is 5.72. The Morgan fingerprint density at radius 1 is 0.443 bits per heavy atom. The lowest BCUT2D eigenvalue weighted by molar-refractivity contribution is 0.660. The van der Waals surface area contributed by atoms with Crippen molar-refractivity contribution in [3.05, 3.63) is 211 Å². The summed E-state index contributed by atoms with van der Waals surface area (Å²) in [6.07, 6.45) is 0. The van der Waals surface area contributed by atoms with E-state index in [1.807, 2.05) is 11.3 Å². The minimum absolute atomic E-state index is 0.0583. The Kier molecular flexibility index (Phi) is 8.23. The largest absolute Gasteiger partial charge is 0.310 e. The van der Waals surface area contributed by atoms with Crippen molar-refractivity contribution in [3.8, 4) is 39.1 Å². The van der Waals surface area contributed by atoms with Gasteiger partial charge in [-0.2, -0.15) is 0 Å². The van der Waals surface area contributed by atoms with E-state index in [2.05, 4.69) is 233 Å². The molecule has 290 valence electrons. The molecule has 2 nitrogen and oxygen atoms in total. The van der Waals surface area contributed by atoms with E-state index in [1.165, 1.54) is 91.8 Å². The maximum Gasteiger partial charge on any atom is 0.0541 e. The summed E-state index contributed by atoms with van der Waals surface area (Å²) >= 11 is 1.87. The van der Waals surface area contributed by atoms with Gasteiger partial charge in [-0.1, -0.05) is 135 Å². The van der Waals surface area contributed by atoms with Gasteiger partial charge in [0, 0.05) is 59.1 Å². The number of hydrogen-bond donors (Lipinski definition) is 0. The smallest absolute Gasteiger partial charge is 0.0541 e. The maximum atomic E-state index is 2.85. The lowest BCUT2D eigenvalue weighted by atomic mass is 9.82. The number of para-hydroxylation sites is 1. The summed E-state index contributed by atoms with van der Waals surface area (Å²) in [6, 6.07) is 74.1. The molecule has 1 unspecified atom stereocenters. The number of fused-ring (bicyclic) bond motifs is 9. The van der Waals surface area contributed by atoms with Crippen LogP contribution in [0, 0.1) is 0 Å². The van der Waals surface area contributed by atoms with Crippen LogP contribution >= 0.6 is 20.6 Å². The van der Waals surface area contributed by atoms with Crippen molar-refractivity contribution in [1.82, 2.24) is 4.57 Å². The van der Waals surface area contributed by atoms with Crippen molar-refractivity contribution < 1.29 is 0 Å². The van der Waals surface area contributed by atoms with Gasteiger partial charge in [0.1, 0.15) is 0 Å². The lowest BCUT2D eigenvalue weighted by Crippen LogP contribution is -2.15. The van der Waals surface area contributed by atoms with Gasteiger partial charge in [0.05, 0.1) is 11.0 Å². The first-order chi connectivity index (χ1) is 29.9. The number of hydrogen-bond acceptors (Lipinski definition) is 2. The maximum absolute atomic E-state index is 2.85. The number of rotatable bonds is 6. The highest BCUT2D eigenvalue weighted by atomic mass is 32.1. The van der Waals surface area contributed by atoms with Crippen LogP contribution < -0.4 is 10.2 Å². The van der Waals surface area contributed by atoms with Crippen LogP contribution in [0.1, 0.15) is 25.0 Å². The van der Waals surface area contributed by atoms with E-state index in [0.29, 0.717) is 0 Å². The zero-order chi connectivity index (χ0) is 40.8. The van der Waals surface area contributed by atoms with Crippen molar-refractivity contribution in [1.29, 1.82) is 0 Å². The van der Waals surface area contributed by atoms with E-state index in [0.717, 1.165) is 22.7 Å². The Morgan fingerprint density at radius 3 is 1.92 bits per heavy atom. The van der Waals surface area contributed by atoms with Gasteiger partial charge in [-0.15, -0.1) is 20.6 Å². The molecule has 12 rings (SSSR count). The normalized spacial score (nSPS) is 13.0. The molecule has 1 aliphatic rings. The predicted molar refractivity (Wildman–Crippen MR) is 266 cm³/mol. The van der Waals surface area contributed by atoms with Crippen LogP contribution in [0.15, 0.2) is 200 Å². The van der Waals surface area contributed by atoms with Gasteiger partial charge in [-0.05, 0) is 129 Å². The first-order valence-corrected chi connectivity index (χ1v) is 22.3. The first-order valence-electron chi connectivity index (χ1n) is 21.0. The molecule has 4 heteroatoms. The zero-order valence-electron chi connectivity index (χ0n) is 33.9. The Labute approximate surface area is 362 Å². The van der Waals surface area contributed by atoms with Crippen LogP contribution in [-0.2, 0) is 5.41 Å². The fourth-order valence-corrected chi connectivity index (χ4v) is 11.4. The van der Waals surface area contributed by atoms with E-state index >= 15 is 0 Å². The minimum atomic E-state index is -0.0583. The van der Waals surface area contributed by atoms with Gasteiger partial charge in [0.15, 0.2) is 0 Å². The molecule has 0 saturated heterocycles. The molecule has 0 bridgehead atoms. The quantitative estimate of drug-likeness (QED) is 0.152. The summed E-state index contributed by atoms with van der Waals surface area (Å²) in [5.41, 5.74) is 17.1. The summed E-state index contributed by atoms with van der Waals surface area (Å²) in [4.78, 5) is 2.41. The Hall–Kier alpha value is -6.77. The summed E-state index contributed by atoms with van der Waals surface area (Å²) in [5.74, 6) is 0. The molecule has 1 aliphatic carbocycles. The molecule has 11 aromatic rings. The van der Waals surface area contributed by atoms with Crippen molar-refractivity contribution in [3.63, 3.8) is 0 Å². The number of thiophene rings is 1. The van der Waals surface area contributed by atoms with Gasteiger partial charge in [0.25, 0.3) is 0 Å². The van der Waals surface area contributed by atoms with Crippen LogP contribution in [0.25, 0.3) is 81.0 Å².